The van der Waals surface area contributed by atoms with Crippen molar-refractivity contribution in [2.45, 2.75) is 70.7 Å². The Morgan fingerprint density at radius 3 is 2.84 bits per heavy atom. The number of ketones is 2. The molecule has 5 rings (SSSR count). The van der Waals surface area contributed by atoms with Gasteiger partial charge in [0.1, 0.15) is 12.7 Å². The standard InChI is InChI=1S/C24H33NO6/c1-4-9-25-30-20-11-17-16-6-5-14-10-15(27)7-8-22(14,2)21(16)18(28)12-23(17,3)24(20,31-25)19(29)13-26/h7-8,10,16-18,20-21,26,28H,4-6,9,11-13H2,1-3H3/t16?,17?,18?,20?,21?,22-,23-,24?/m0/s1. The zero-order valence-electron chi connectivity index (χ0n) is 18.5. The van der Waals surface area contributed by atoms with Gasteiger partial charge in [0.25, 0.3) is 0 Å². The predicted octanol–water partition coefficient (Wildman–Crippen LogP) is 2.13. The summed E-state index contributed by atoms with van der Waals surface area (Å²) in [7, 11) is 0. The van der Waals surface area contributed by atoms with Gasteiger partial charge in [-0.2, -0.15) is 0 Å². The molecule has 0 aromatic heterocycles. The van der Waals surface area contributed by atoms with Gasteiger partial charge in [-0.05, 0) is 56.1 Å². The summed E-state index contributed by atoms with van der Waals surface area (Å²) in [5.41, 5.74) is -1.18. The fourth-order valence-corrected chi connectivity index (χ4v) is 7.85. The van der Waals surface area contributed by atoms with Crippen LogP contribution in [-0.4, -0.2) is 58.0 Å². The van der Waals surface area contributed by atoms with Gasteiger partial charge in [-0.3, -0.25) is 19.3 Å². The number of carbonyl (C=O) groups excluding carboxylic acids is 2. The molecule has 31 heavy (non-hydrogen) atoms. The second-order valence-electron chi connectivity index (χ2n) is 10.5. The molecule has 4 aliphatic carbocycles. The molecule has 0 bridgehead atoms. The molecule has 8 atom stereocenters. The van der Waals surface area contributed by atoms with Crippen molar-refractivity contribution in [3.63, 3.8) is 0 Å². The van der Waals surface area contributed by atoms with E-state index in [0.717, 1.165) is 24.8 Å². The van der Waals surface area contributed by atoms with Gasteiger partial charge < -0.3 is 10.2 Å². The lowest BCUT2D eigenvalue weighted by Crippen LogP contribution is -2.63. The van der Waals surface area contributed by atoms with Gasteiger partial charge in [-0.1, -0.05) is 37.6 Å². The highest BCUT2D eigenvalue weighted by Gasteiger charge is 2.76. The molecule has 6 unspecified atom stereocenters. The predicted molar refractivity (Wildman–Crippen MR) is 111 cm³/mol. The number of allylic oxidation sites excluding steroid dienone is 4. The maximum Gasteiger partial charge on any atom is 0.195 e. The van der Waals surface area contributed by atoms with Crippen LogP contribution < -0.4 is 0 Å². The zero-order valence-corrected chi connectivity index (χ0v) is 18.5. The number of Topliss-reactive ketones (excluding diaryl/α,β-unsaturated/α-hetero) is 1. The van der Waals surface area contributed by atoms with E-state index in [-0.39, 0.29) is 34.7 Å². The fourth-order valence-electron chi connectivity index (χ4n) is 7.85. The lowest BCUT2D eigenvalue weighted by atomic mass is 9.46. The lowest BCUT2D eigenvalue weighted by molar-refractivity contribution is -0.342. The third-order valence-corrected chi connectivity index (χ3v) is 9.11. The Kier molecular flexibility index (Phi) is 4.89. The summed E-state index contributed by atoms with van der Waals surface area (Å²) in [5.74, 6) is -0.0785. The van der Waals surface area contributed by atoms with Crippen LogP contribution in [0.1, 0.15) is 52.9 Å². The second kappa shape index (κ2) is 7.06. The summed E-state index contributed by atoms with van der Waals surface area (Å²) >= 11 is 0. The summed E-state index contributed by atoms with van der Waals surface area (Å²) in [5, 5.41) is 22.8. The zero-order chi connectivity index (χ0) is 22.2. The molecule has 4 fully saturated rings. The summed E-state index contributed by atoms with van der Waals surface area (Å²) in [6, 6.07) is 0. The number of rotatable bonds is 4. The number of hydroxylamine groups is 2. The molecule has 5 aliphatic rings. The summed E-state index contributed by atoms with van der Waals surface area (Å²) in [4.78, 5) is 37.5. The summed E-state index contributed by atoms with van der Waals surface area (Å²) < 4.78 is 0. The van der Waals surface area contributed by atoms with Gasteiger partial charge >= 0.3 is 0 Å². The molecule has 0 radical (unpaired) electrons. The lowest BCUT2D eigenvalue weighted by Gasteiger charge is -2.59. The van der Waals surface area contributed by atoms with Crippen molar-refractivity contribution in [1.82, 2.24) is 5.23 Å². The summed E-state index contributed by atoms with van der Waals surface area (Å²) in [6.07, 6.45) is 7.77. The van der Waals surface area contributed by atoms with Crippen LogP contribution in [0.4, 0.5) is 0 Å². The first-order chi connectivity index (χ1) is 14.7. The largest absolute Gasteiger partial charge is 0.393 e. The Morgan fingerprint density at radius 2 is 2.13 bits per heavy atom. The van der Waals surface area contributed by atoms with Crippen molar-refractivity contribution < 1.29 is 29.5 Å². The highest BCUT2D eigenvalue weighted by atomic mass is 17.0. The molecule has 1 saturated heterocycles. The molecular formula is C24H33NO6. The van der Waals surface area contributed by atoms with Crippen LogP contribution in [-0.2, 0) is 19.3 Å². The second-order valence-corrected chi connectivity index (χ2v) is 10.5. The smallest absolute Gasteiger partial charge is 0.195 e. The van der Waals surface area contributed by atoms with E-state index in [1.807, 2.05) is 19.9 Å². The normalized spacial score (nSPS) is 48.6. The minimum Gasteiger partial charge on any atom is -0.393 e. The van der Waals surface area contributed by atoms with E-state index < -0.39 is 29.8 Å². The SMILES string of the molecule is CCCN1OC2CC3C4CCC5=CC(=O)C=C[C@]5(C)C4C(O)C[C@]3(C)C2(C(=O)CO)O1. The summed E-state index contributed by atoms with van der Waals surface area (Å²) in [6.45, 7) is 6.11. The van der Waals surface area contributed by atoms with E-state index in [2.05, 4.69) is 6.92 Å². The van der Waals surface area contributed by atoms with Gasteiger partial charge in [0.05, 0.1) is 12.6 Å². The minimum atomic E-state index is -1.27. The van der Waals surface area contributed by atoms with Crippen LogP contribution in [0.3, 0.4) is 0 Å². The first-order valence-electron chi connectivity index (χ1n) is 11.6. The molecule has 0 aromatic carbocycles. The Labute approximate surface area is 183 Å². The Balaban J connectivity index is 1.55. The van der Waals surface area contributed by atoms with Crippen LogP contribution in [0.15, 0.2) is 23.8 Å². The molecule has 7 heteroatoms. The van der Waals surface area contributed by atoms with Crippen molar-refractivity contribution in [2.75, 3.05) is 13.2 Å². The number of hydrogen-bond acceptors (Lipinski definition) is 7. The van der Waals surface area contributed by atoms with Gasteiger partial charge in [-0.15, -0.1) is 0 Å². The van der Waals surface area contributed by atoms with Crippen molar-refractivity contribution in [3.05, 3.63) is 23.8 Å². The average molecular weight is 432 g/mol. The van der Waals surface area contributed by atoms with Crippen molar-refractivity contribution in [3.8, 4) is 0 Å². The third kappa shape index (κ3) is 2.64. The Bertz CT molecular complexity index is 868. The number of carbonyl (C=O) groups is 2. The molecule has 0 amide bonds. The van der Waals surface area contributed by atoms with Crippen LogP contribution in [0, 0.1) is 28.6 Å². The highest BCUT2D eigenvalue weighted by Crippen LogP contribution is 2.69. The quantitative estimate of drug-likeness (QED) is 0.704. The average Bonchev–Trinajstić information content (AvgIpc) is 3.20. The minimum absolute atomic E-state index is 0.0155. The van der Waals surface area contributed by atoms with Crippen LogP contribution in [0.2, 0.25) is 0 Å². The molecule has 0 spiro atoms. The van der Waals surface area contributed by atoms with E-state index in [1.54, 1.807) is 12.2 Å². The Morgan fingerprint density at radius 1 is 1.35 bits per heavy atom. The Hall–Kier alpha value is -1.38. The van der Waals surface area contributed by atoms with Crippen molar-refractivity contribution in [1.29, 1.82) is 0 Å². The number of aliphatic hydroxyl groups excluding tert-OH is 2. The van der Waals surface area contributed by atoms with Crippen molar-refractivity contribution >= 4 is 11.6 Å². The molecular weight excluding hydrogens is 398 g/mol. The molecule has 0 aromatic rings. The van der Waals surface area contributed by atoms with Gasteiger partial charge in [0.2, 0.25) is 0 Å². The van der Waals surface area contributed by atoms with Crippen LogP contribution >= 0.6 is 0 Å². The maximum atomic E-state index is 13.2. The van der Waals surface area contributed by atoms with E-state index in [9.17, 15) is 19.8 Å². The number of aliphatic hydroxyl groups is 2. The van der Waals surface area contributed by atoms with Gasteiger partial charge in [0, 0.05) is 16.7 Å². The van der Waals surface area contributed by atoms with Gasteiger partial charge in [-0.25, -0.2) is 0 Å². The van der Waals surface area contributed by atoms with E-state index in [4.69, 9.17) is 9.68 Å². The molecule has 7 nitrogen and oxygen atoms in total. The van der Waals surface area contributed by atoms with E-state index in [0.29, 0.717) is 19.4 Å². The topological polar surface area (TPSA) is 96.3 Å². The molecule has 1 aliphatic heterocycles. The van der Waals surface area contributed by atoms with Crippen LogP contribution in [0.5, 0.6) is 0 Å². The van der Waals surface area contributed by atoms with Gasteiger partial charge in [0.15, 0.2) is 17.2 Å². The first-order valence-corrected chi connectivity index (χ1v) is 11.6. The first kappa shape index (κ1) is 21.5. The molecule has 3 saturated carbocycles. The maximum absolute atomic E-state index is 13.2. The van der Waals surface area contributed by atoms with Crippen molar-refractivity contribution in [2.24, 2.45) is 28.6 Å². The van der Waals surface area contributed by atoms with Crippen LogP contribution in [0.25, 0.3) is 0 Å². The molecule has 2 N–H and O–H groups in total. The molecule has 170 valence electrons. The van der Waals surface area contributed by atoms with E-state index in [1.165, 1.54) is 5.23 Å². The number of hydrogen-bond donors (Lipinski definition) is 2. The number of nitrogens with zero attached hydrogens (tertiary/aromatic N) is 1. The number of fused-ring (bicyclic) bond motifs is 7. The third-order valence-electron chi connectivity index (χ3n) is 9.11. The fraction of sp³-hybridized carbons (Fsp3) is 0.750. The molecule has 1 heterocycles. The monoisotopic (exact) mass is 431 g/mol. The van der Waals surface area contributed by atoms with E-state index >= 15 is 0 Å². The highest BCUT2D eigenvalue weighted by molar-refractivity contribution is 6.01.